The number of aromatic amines is 2. The van der Waals surface area contributed by atoms with E-state index in [9.17, 15) is 14.4 Å². The van der Waals surface area contributed by atoms with Gasteiger partial charge in [0.2, 0.25) is 0 Å². The van der Waals surface area contributed by atoms with Crippen LogP contribution in [0.25, 0.3) is 0 Å². The second-order valence-corrected chi connectivity index (χ2v) is 4.03. The predicted molar refractivity (Wildman–Crippen MR) is 75.2 cm³/mol. The third-order valence-corrected chi connectivity index (χ3v) is 2.65. The van der Waals surface area contributed by atoms with Gasteiger partial charge >= 0.3 is 5.69 Å². The van der Waals surface area contributed by atoms with Gasteiger partial charge in [-0.2, -0.15) is 0 Å². The molecule has 0 fully saturated rings. The number of amides is 1. The number of carbonyl (C=O) groups excluding carboxylic acids is 1. The van der Waals surface area contributed by atoms with E-state index in [1.54, 1.807) is 6.07 Å². The number of anilines is 1. The van der Waals surface area contributed by atoms with Crippen LogP contribution in [0.5, 0.6) is 11.5 Å². The summed E-state index contributed by atoms with van der Waals surface area (Å²) in [6.07, 6.45) is 0. The molecule has 2 rings (SSSR count). The molecule has 0 radical (unpaired) electrons. The van der Waals surface area contributed by atoms with Crippen LogP contribution in [0, 0.1) is 0 Å². The van der Waals surface area contributed by atoms with Gasteiger partial charge in [0.1, 0.15) is 5.82 Å². The Hall–Kier alpha value is -3.03. The van der Waals surface area contributed by atoms with Crippen molar-refractivity contribution in [2.45, 2.75) is 0 Å². The van der Waals surface area contributed by atoms with Crippen molar-refractivity contribution in [2.24, 2.45) is 0 Å². The van der Waals surface area contributed by atoms with Gasteiger partial charge < -0.3 is 14.8 Å². The molecular weight excluding hydrogens is 278 g/mol. The second kappa shape index (κ2) is 5.95. The first kappa shape index (κ1) is 14.4. The van der Waals surface area contributed by atoms with Crippen molar-refractivity contribution in [2.75, 3.05) is 19.5 Å². The summed E-state index contributed by atoms with van der Waals surface area (Å²) in [7, 11) is 2.94. The molecule has 0 bridgehead atoms. The number of benzene rings is 1. The first-order valence-electron chi connectivity index (χ1n) is 5.90. The van der Waals surface area contributed by atoms with Crippen molar-refractivity contribution in [3.63, 3.8) is 0 Å². The average molecular weight is 291 g/mol. The maximum atomic E-state index is 12.1. The topological polar surface area (TPSA) is 113 Å². The summed E-state index contributed by atoms with van der Waals surface area (Å²) >= 11 is 0. The van der Waals surface area contributed by atoms with Gasteiger partial charge in [-0.15, -0.1) is 0 Å². The van der Waals surface area contributed by atoms with E-state index in [2.05, 4.69) is 10.3 Å². The molecule has 8 heteroatoms. The number of methoxy groups -OCH3 is 2. The molecule has 0 saturated carbocycles. The molecule has 0 spiro atoms. The molecule has 0 aliphatic rings. The molecule has 0 saturated heterocycles. The molecule has 1 aromatic carbocycles. The van der Waals surface area contributed by atoms with Crippen LogP contribution in [0.15, 0.2) is 33.9 Å². The van der Waals surface area contributed by atoms with E-state index in [1.807, 2.05) is 4.98 Å². The lowest BCUT2D eigenvalue weighted by Crippen LogP contribution is -2.24. The number of aromatic nitrogens is 2. The number of hydrogen-bond acceptors (Lipinski definition) is 5. The van der Waals surface area contributed by atoms with Crippen LogP contribution >= 0.6 is 0 Å². The molecule has 8 nitrogen and oxygen atoms in total. The van der Waals surface area contributed by atoms with Crippen molar-refractivity contribution < 1.29 is 14.3 Å². The minimum Gasteiger partial charge on any atom is -0.493 e. The second-order valence-electron chi connectivity index (χ2n) is 4.03. The largest absolute Gasteiger partial charge is 0.493 e. The smallest absolute Gasteiger partial charge is 0.327 e. The summed E-state index contributed by atoms with van der Waals surface area (Å²) in [5, 5.41) is 2.42. The minimum absolute atomic E-state index is 0.00327. The Bertz CT molecular complexity index is 750. The summed E-state index contributed by atoms with van der Waals surface area (Å²) in [4.78, 5) is 38.6. The lowest BCUT2D eigenvalue weighted by molar-refractivity contribution is 0.102. The summed E-state index contributed by atoms with van der Waals surface area (Å²) in [6, 6.07) is 5.66. The maximum Gasteiger partial charge on any atom is 0.327 e. The van der Waals surface area contributed by atoms with Crippen molar-refractivity contribution in [1.29, 1.82) is 0 Å². The van der Waals surface area contributed by atoms with Gasteiger partial charge in [0, 0.05) is 11.6 Å². The van der Waals surface area contributed by atoms with E-state index in [0.29, 0.717) is 11.5 Å². The van der Waals surface area contributed by atoms with E-state index < -0.39 is 17.2 Å². The maximum absolute atomic E-state index is 12.1. The van der Waals surface area contributed by atoms with Crippen LogP contribution < -0.4 is 26.0 Å². The quantitative estimate of drug-likeness (QED) is 0.751. The van der Waals surface area contributed by atoms with Crippen molar-refractivity contribution in [1.82, 2.24) is 9.97 Å². The van der Waals surface area contributed by atoms with Gasteiger partial charge in [0.05, 0.1) is 14.2 Å². The Labute approximate surface area is 118 Å². The Morgan fingerprint density at radius 2 is 1.76 bits per heavy atom. The molecule has 21 heavy (non-hydrogen) atoms. The Morgan fingerprint density at radius 1 is 1.05 bits per heavy atom. The normalized spacial score (nSPS) is 10.0. The van der Waals surface area contributed by atoms with Crippen LogP contribution in [0.4, 0.5) is 5.82 Å². The first-order chi connectivity index (χ1) is 10.0. The van der Waals surface area contributed by atoms with E-state index in [1.165, 1.54) is 26.4 Å². The average Bonchev–Trinajstić information content (AvgIpc) is 2.45. The van der Waals surface area contributed by atoms with E-state index in [-0.39, 0.29) is 11.4 Å². The van der Waals surface area contributed by atoms with Crippen molar-refractivity contribution in [3.05, 3.63) is 50.7 Å². The van der Waals surface area contributed by atoms with Gasteiger partial charge in [0.25, 0.3) is 11.5 Å². The lowest BCUT2D eigenvalue weighted by atomic mass is 10.2. The van der Waals surface area contributed by atoms with Crippen LogP contribution in [0.2, 0.25) is 0 Å². The number of H-pyrrole nitrogens is 2. The van der Waals surface area contributed by atoms with E-state index in [0.717, 1.165) is 6.07 Å². The Kier molecular flexibility index (Phi) is 4.07. The number of carbonyl (C=O) groups is 1. The number of rotatable bonds is 4. The zero-order valence-electron chi connectivity index (χ0n) is 11.4. The lowest BCUT2D eigenvalue weighted by Gasteiger charge is -2.09. The molecule has 1 aromatic heterocycles. The summed E-state index contributed by atoms with van der Waals surface area (Å²) in [5.41, 5.74) is -1.03. The first-order valence-corrected chi connectivity index (χ1v) is 5.90. The van der Waals surface area contributed by atoms with Crippen molar-refractivity contribution >= 4 is 11.7 Å². The molecular formula is C13H13N3O5. The Morgan fingerprint density at radius 3 is 2.38 bits per heavy atom. The number of ether oxygens (including phenoxy) is 2. The fourth-order valence-electron chi connectivity index (χ4n) is 1.71. The monoisotopic (exact) mass is 291 g/mol. The molecule has 1 amide bonds. The summed E-state index contributed by atoms with van der Waals surface area (Å²) in [5.74, 6) is 0.379. The highest BCUT2D eigenvalue weighted by atomic mass is 16.5. The number of hydrogen-bond donors (Lipinski definition) is 3. The zero-order chi connectivity index (χ0) is 15.4. The minimum atomic E-state index is -0.704. The standard InChI is InChI=1S/C13H13N3O5/c1-20-8-4-3-7(5-9(8)21-2)12(18)14-10-6-11(17)16-13(19)15-10/h3-6H,1-2H3,(H3,14,15,16,17,18,19). The highest BCUT2D eigenvalue weighted by Crippen LogP contribution is 2.27. The molecule has 110 valence electrons. The molecule has 2 aromatic rings. The van der Waals surface area contributed by atoms with Crippen LogP contribution in [-0.2, 0) is 0 Å². The van der Waals surface area contributed by atoms with Gasteiger partial charge in [0.15, 0.2) is 11.5 Å². The van der Waals surface area contributed by atoms with Crippen LogP contribution in [-0.4, -0.2) is 30.1 Å². The molecule has 0 atom stereocenters. The summed E-state index contributed by atoms with van der Waals surface area (Å²) < 4.78 is 10.2. The highest BCUT2D eigenvalue weighted by molar-refractivity contribution is 6.04. The molecule has 3 N–H and O–H groups in total. The van der Waals surface area contributed by atoms with E-state index >= 15 is 0 Å². The van der Waals surface area contributed by atoms with Gasteiger partial charge in [-0.3, -0.25) is 19.6 Å². The highest BCUT2D eigenvalue weighted by Gasteiger charge is 2.11. The third-order valence-electron chi connectivity index (χ3n) is 2.65. The van der Waals surface area contributed by atoms with Crippen LogP contribution in [0.3, 0.4) is 0 Å². The summed E-state index contributed by atoms with van der Waals surface area (Å²) in [6.45, 7) is 0. The zero-order valence-corrected chi connectivity index (χ0v) is 11.4. The fourth-order valence-corrected chi connectivity index (χ4v) is 1.71. The number of nitrogens with one attached hydrogen (secondary N) is 3. The SMILES string of the molecule is COc1ccc(C(=O)Nc2cc(=O)[nH]c(=O)[nH]2)cc1OC. The molecule has 1 heterocycles. The Balaban J connectivity index is 2.28. The fraction of sp³-hybridized carbons (Fsp3) is 0.154. The molecule has 0 unspecified atom stereocenters. The predicted octanol–water partition coefficient (Wildman–Crippen LogP) is 0.333. The van der Waals surface area contributed by atoms with Gasteiger partial charge in [-0.05, 0) is 18.2 Å². The van der Waals surface area contributed by atoms with Crippen LogP contribution in [0.1, 0.15) is 10.4 Å². The third kappa shape index (κ3) is 3.30. The molecule has 0 aliphatic heterocycles. The van der Waals surface area contributed by atoms with Gasteiger partial charge in [-0.25, -0.2) is 4.79 Å². The van der Waals surface area contributed by atoms with Crippen molar-refractivity contribution in [3.8, 4) is 11.5 Å². The van der Waals surface area contributed by atoms with E-state index in [4.69, 9.17) is 9.47 Å². The van der Waals surface area contributed by atoms with Gasteiger partial charge in [-0.1, -0.05) is 0 Å². The molecule has 0 aliphatic carbocycles.